The molecule has 2 aliphatic rings. The van der Waals surface area contributed by atoms with E-state index in [0.717, 1.165) is 51.6 Å². The number of aromatic nitrogens is 1. The highest BCUT2D eigenvalue weighted by Crippen LogP contribution is 2.22. The summed E-state index contributed by atoms with van der Waals surface area (Å²) in [4.78, 5) is 9.54. The maximum Gasteiger partial charge on any atom is 0.128 e. The molecule has 3 rings (SSSR count). The third-order valence-electron chi connectivity index (χ3n) is 4.29. The molecule has 1 atom stereocenters. The van der Waals surface area contributed by atoms with Gasteiger partial charge in [-0.2, -0.15) is 0 Å². The second kappa shape index (κ2) is 6.52. The second-order valence-corrected chi connectivity index (χ2v) is 5.60. The van der Waals surface area contributed by atoms with Crippen molar-refractivity contribution >= 4 is 5.82 Å². The van der Waals surface area contributed by atoms with Crippen molar-refractivity contribution in [3.63, 3.8) is 0 Å². The highest BCUT2D eigenvalue weighted by Gasteiger charge is 2.29. The normalized spacial score (nSPS) is 24.2. The van der Waals surface area contributed by atoms with Crippen molar-refractivity contribution in [1.82, 2.24) is 9.88 Å². The van der Waals surface area contributed by atoms with Crippen molar-refractivity contribution in [3.05, 3.63) is 23.9 Å². The summed E-state index contributed by atoms with van der Waals surface area (Å²) in [7, 11) is 0. The van der Waals surface area contributed by atoms with Crippen molar-refractivity contribution in [3.8, 4) is 0 Å². The van der Waals surface area contributed by atoms with Gasteiger partial charge in [0.2, 0.25) is 0 Å². The topological polar surface area (TPSA) is 54.6 Å². The van der Waals surface area contributed by atoms with E-state index in [0.29, 0.717) is 12.6 Å². The monoisotopic (exact) mass is 276 g/mol. The number of ether oxygens (including phenoxy) is 1. The molecule has 2 aliphatic heterocycles. The molecule has 0 amide bonds. The fourth-order valence-corrected chi connectivity index (χ4v) is 3.11. The number of morpholine rings is 1. The Balaban J connectivity index is 1.58. The van der Waals surface area contributed by atoms with E-state index in [2.05, 4.69) is 26.9 Å². The number of pyridine rings is 1. The van der Waals surface area contributed by atoms with Crippen molar-refractivity contribution in [1.29, 1.82) is 0 Å². The minimum Gasteiger partial charge on any atom is -0.379 e. The lowest BCUT2D eigenvalue weighted by atomic mass is 10.2. The molecular weight excluding hydrogens is 252 g/mol. The molecule has 0 aliphatic carbocycles. The van der Waals surface area contributed by atoms with E-state index >= 15 is 0 Å². The Labute approximate surface area is 120 Å². The Hall–Kier alpha value is -1.17. The van der Waals surface area contributed by atoms with Crippen LogP contribution in [0.5, 0.6) is 0 Å². The van der Waals surface area contributed by atoms with Crippen molar-refractivity contribution in [2.45, 2.75) is 18.9 Å². The van der Waals surface area contributed by atoms with Gasteiger partial charge in [-0.3, -0.25) is 4.90 Å². The first-order valence-electron chi connectivity index (χ1n) is 7.58. The van der Waals surface area contributed by atoms with Crippen LogP contribution in [0.4, 0.5) is 5.82 Å². The Morgan fingerprint density at radius 2 is 2.10 bits per heavy atom. The molecule has 1 aromatic heterocycles. The molecule has 2 fully saturated rings. The van der Waals surface area contributed by atoms with E-state index in [1.807, 2.05) is 6.20 Å². The smallest absolute Gasteiger partial charge is 0.128 e. The molecule has 2 N–H and O–H groups in total. The van der Waals surface area contributed by atoms with Crippen LogP contribution in [0.3, 0.4) is 0 Å². The van der Waals surface area contributed by atoms with Crippen molar-refractivity contribution < 1.29 is 4.74 Å². The van der Waals surface area contributed by atoms with E-state index in [-0.39, 0.29) is 0 Å². The predicted octanol–water partition coefficient (Wildman–Crippen LogP) is 0.494. The molecule has 110 valence electrons. The largest absolute Gasteiger partial charge is 0.379 e. The minimum absolute atomic E-state index is 0.657. The first-order valence-corrected chi connectivity index (χ1v) is 7.58. The molecule has 1 unspecified atom stereocenters. The molecule has 20 heavy (non-hydrogen) atoms. The van der Waals surface area contributed by atoms with E-state index < -0.39 is 0 Å². The SMILES string of the molecule is NCCc1ccc(N2CCC(N3CCOCC3)C2)nc1. The number of nitrogens with zero attached hydrogens (tertiary/aromatic N) is 3. The highest BCUT2D eigenvalue weighted by molar-refractivity contribution is 5.41. The quantitative estimate of drug-likeness (QED) is 0.867. The lowest BCUT2D eigenvalue weighted by molar-refractivity contribution is 0.0209. The van der Waals surface area contributed by atoms with Gasteiger partial charge in [-0.25, -0.2) is 4.98 Å². The molecule has 3 heterocycles. The maximum atomic E-state index is 5.57. The van der Waals surface area contributed by atoms with E-state index in [4.69, 9.17) is 10.5 Å². The number of rotatable bonds is 4. The number of anilines is 1. The number of hydrogen-bond acceptors (Lipinski definition) is 5. The summed E-state index contributed by atoms with van der Waals surface area (Å²) in [6, 6.07) is 4.94. The maximum absolute atomic E-state index is 5.57. The fourth-order valence-electron chi connectivity index (χ4n) is 3.11. The molecule has 0 bridgehead atoms. The minimum atomic E-state index is 0.657. The molecular formula is C15H24N4O. The molecule has 1 aromatic rings. The first-order chi connectivity index (χ1) is 9.86. The summed E-state index contributed by atoms with van der Waals surface area (Å²) in [5, 5.41) is 0. The number of nitrogens with two attached hydrogens (primary N) is 1. The van der Waals surface area contributed by atoms with Crippen LogP contribution in [0, 0.1) is 0 Å². The summed E-state index contributed by atoms with van der Waals surface area (Å²) >= 11 is 0. The molecule has 0 spiro atoms. The molecule has 0 aromatic carbocycles. The van der Waals surface area contributed by atoms with Crippen LogP contribution in [0.25, 0.3) is 0 Å². The van der Waals surface area contributed by atoms with E-state index in [1.165, 1.54) is 12.0 Å². The standard InChI is InChI=1S/C15H24N4O/c16-5-3-13-1-2-15(17-11-13)19-6-4-14(12-19)18-7-9-20-10-8-18/h1-2,11,14H,3-10,12,16H2. The number of hydrogen-bond donors (Lipinski definition) is 1. The highest BCUT2D eigenvalue weighted by atomic mass is 16.5. The van der Waals surface area contributed by atoms with E-state index in [1.54, 1.807) is 0 Å². The molecule has 0 radical (unpaired) electrons. The van der Waals surface area contributed by atoms with Crippen LogP contribution >= 0.6 is 0 Å². The summed E-state index contributed by atoms with van der Waals surface area (Å²) < 4.78 is 5.43. The lowest BCUT2D eigenvalue weighted by Crippen LogP contribution is -2.44. The van der Waals surface area contributed by atoms with Gasteiger partial charge in [0.05, 0.1) is 13.2 Å². The summed E-state index contributed by atoms with van der Waals surface area (Å²) in [6.07, 6.45) is 4.10. The molecule has 2 saturated heterocycles. The fraction of sp³-hybridized carbons (Fsp3) is 0.667. The summed E-state index contributed by atoms with van der Waals surface area (Å²) in [5.41, 5.74) is 6.79. The van der Waals surface area contributed by atoms with Gasteiger partial charge in [-0.15, -0.1) is 0 Å². The van der Waals surface area contributed by atoms with Gasteiger partial charge >= 0.3 is 0 Å². The predicted molar refractivity (Wildman–Crippen MR) is 80.0 cm³/mol. The Morgan fingerprint density at radius 1 is 1.25 bits per heavy atom. The van der Waals surface area contributed by atoms with Crippen LogP contribution in [-0.2, 0) is 11.2 Å². The zero-order chi connectivity index (χ0) is 13.8. The zero-order valence-electron chi connectivity index (χ0n) is 12.0. The van der Waals surface area contributed by atoms with Crippen molar-refractivity contribution in [2.24, 2.45) is 5.73 Å². The molecule has 0 saturated carbocycles. The molecule has 5 heteroatoms. The Morgan fingerprint density at radius 3 is 2.80 bits per heavy atom. The Bertz CT molecular complexity index is 416. The van der Waals surface area contributed by atoms with Gasteiger partial charge in [0, 0.05) is 38.4 Å². The van der Waals surface area contributed by atoms with Gasteiger partial charge in [-0.1, -0.05) is 6.07 Å². The molecule has 5 nitrogen and oxygen atoms in total. The van der Waals surface area contributed by atoms with Crippen LogP contribution in [0.2, 0.25) is 0 Å². The van der Waals surface area contributed by atoms with Gasteiger partial charge in [0.1, 0.15) is 5.82 Å². The van der Waals surface area contributed by atoms with Crippen LogP contribution in [0.1, 0.15) is 12.0 Å². The Kier molecular flexibility index (Phi) is 4.50. The van der Waals surface area contributed by atoms with Crippen LogP contribution in [-0.4, -0.2) is 61.9 Å². The van der Waals surface area contributed by atoms with Gasteiger partial charge in [0.15, 0.2) is 0 Å². The summed E-state index contributed by atoms with van der Waals surface area (Å²) in [5.74, 6) is 1.10. The zero-order valence-corrected chi connectivity index (χ0v) is 12.0. The third-order valence-corrected chi connectivity index (χ3v) is 4.29. The van der Waals surface area contributed by atoms with Crippen LogP contribution in [0.15, 0.2) is 18.3 Å². The summed E-state index contributed by atoms with van der Waals surface area (Å²) in [6.45, 7) is 6.77. The van der Waals surface area contributed by atoms with Gasteiger partial charge < -0.3 is 15.4 Å². The van der Waals surface area contributed by atoms with Gasteiger partial charge in [-0.05, 0) is 31.0 Å². The average Bonchev–Trinajstić information content (AvgIpc) is 2.99. The third kappa shape index (κ3) is 3.11. The van der Waals surface area contributed by atoms with Crippen LogP contribution < -0.4 is 10.6 Å². The lowest BCUT2D eigenvalue weighted by Gasteiger charge is -2.32. The second-order valence-electron chi connectivity index (χ2n) is 5.60. The first kappa shape index (κ1) is 13.8. The van der Waals surface area contributed by atoms with Gasteiger partial charge in [0.25, 0.3) is 0 Å². The van der Waals surface area contributed by atoms with E-state index in [9.17, 15) is 0 Å². The average molecular weight is 276 g/mol. The van der Waals surface area contributed by atoms with Crippen molar-refractivity contribution in [2.75, 3.05) is 50.8 Å².